The second-order valence-electron chi connectivity index (χ2n) is 5.15. The lowest BCUT2D eigenvalue weighted by Crippen LogP contribution is -2.34. The summed E-state index contributed by atoms with van der Waals surface area (Å²) < 4.78 is 31.9. The Bertz CT molecular complexity index is 486. The van der Waals surface area contributed by atoms with Gasteiger partial charge in [-0.15, -0.1) is 0 Å². The normalized spacial score (nSPS) is 13.0. The van der Waals surface area contributed by atoms with Crippen molar-refractivity contribution in [3.05, 3.63) is 28.2 Å². The van der Waals surface area contributed by atoms with E-state index >= 15 is 0 Å². The zero-order valence-corrected chi connectivity index (χ0v) is 12.8. The number of esters is 1. The van der Waals surface area contributed by atoms with Gasteiger partial charge in [0, 0.05) is 6.07 Å². The molecule has 1 N–H and O–H groups in total. The summed E-state index contributed by atoms with van der Waals surface area (Å²) in [4.78, 5) is 11.7. The number of carbonyl (C=O) groups is 1. The highest BCUT2D eigenvalue weighted by molar-refractivity contribution is 9.10. The van der Waals surface area contributed by atoms with Crippen LogP contribution in [0.3, 0.4) is 0 Å². The molecule has 0 saturated heterocycles. The van der Waals surface area contributed by atoms with Crippen molar-refractivity contribution in [3.8, 4) is 0 Å². The summed E-state index contributed by atoms with van der Waals surface area (Å²) in [5.74, 6) is -1.98. The maximum Gasteiger partial charge on any atom is 0.328 e. The number of rotatable bonds is 3. The van der Waals surface area contributed by atoms with Crippen molar-refractivity contribution in [2.24, 2.45) is 0 Å². The maximum atomic E-state index is 13.5. The van der Waals surface area contributed by atoms with Crippen LogP contribution in [0.15, 0.2) is 16.6 Å². The van der Waals surface area contributed by atoms with Crippen LogP contribution in [0.2, 0.25) is 0 Å². The average Bonchev–Trinajstić information content (AvgIpc) is 2.23. The number of nitrogens with one attached hydrogen (secondary N) is 1. The molecule has 0 amide bonds. The quantitative estimate of drug-likeness (QED) is 0.673. The predicted molar refractivity (Wildman–Crippen MR) is 73.0 cm³/mol. The fraction of sp³-hybridized carbons (Fsp3) is 0.462. The SMILES string of the molecule is CC(Nc1cc(Br)c(F)cc1F)C(=O)OC(C)(C)C. The first-order valence-electron chi connectivity index (χ1n) is 5.74. The van der Waals surface area contributed by atoms with E-state index in [1.807, 2.05) is 0 Å². The van der Waals surface area contributed by atoms with Gasteiger partial charge in [0.2, 0.25) is 0 Å². The predicted octanol–water partition coefficient (Wildman–Crippen LogP) is 3.87. The highest BCUT2D eigenvalue weighted by Gasteiger charge is 2.22. The summed E-state index contributed by atoms with van der Waals surface area (Å²) >= 11 is 2.96. The van der Waals surface area contributed by atoms with Gasteiger partial charge in [-0.25, -0.2) is 13.6 Å². The highest BCUT2D eigenvalue weighted by Crippen LogP contribution is 2.24. The zero-order valence-electron chi connectivity index (χ0n) is 11.2. The molecule has 0 radical (unpaired) electrons. The monoisotopic (exact) mass is 335 g/mol. The molecule has 3 nitrogen and oxygen atoms in total. The Morgan fingerprint density at radius 2 is 1.89 bits per heavy atom. The van der Waals surface area contributed by atoms with E-state index in [9.17, 15) is 13.6 Å². The van der Waals surface area contributed by atoms with Crippen LogP contribution in [0.5, 0.6) is 0 Å². The van der Waals surface area contributed by atoms with Crippen molar-refractivity contribution in [2.45, 2.75) is 39.3 Å². The van der Waals surface area contributed by atoms with Crippen molar-refractivity contribution in [1.82, 2.24) is 0 Å². The van der Waals surface area contributed by atoms with Crippen molar-refractivity contribution >= 4 is 27.6 Å². The van der Waals surface area contributed by atoms with Gasteiger partial charge in [-0.05, 0) is 49.7 Å². The third-order valence-corrected chi connectivity index (χ3v) is 2.75. The molecule has 1 aromatic rings. The van der Waals surface area contributed by atoms with Gasteiger partial charge in [0.05, 0.1) is 10.2 Å². The molecular formula is C13H16BrF2NO2. The molecule has 0 aliphatic heterocycles. The second kappa shape index (κ2) is 5.86. The van der Waals surface area contributed by atoms with Gasteiger partial charge < -0.3 is 10.1 Å². The number of carbonyl (C=O) groups excluding carboxylic acids is 1. The summed E-state index contributed by atoms with van der Waals surface area (Å²) in [6.45, 7) is 6.77. The van der Waals surface area contributed by atoms with Crippen molar-refractivity contribution < 1.29 is 18.3 Å². The lowest BCUT2D eigenvalue weighted by Gasteiger charge is -2.23. The minimum absolute atomic E-state index is 0.0339. The van der Waals surface area contributed by atoms with Gasteiger partial charge in [-0.3, -0.25) is 0 Å². The van der Waals surface area contributed by atoms with Gasteiger partial charge in [-0.2, -0.15) is 0 Å². The number of benzene rings is 1. The van der Waals surface area contributed by atoms with Crippen molar-refractivity contribution in [1.29, 1.82) is 0 Å². The lowest BCUT2D eigenvalue weighted by atomic mass is 10.2. The Kier molecular flexibility index (Phi) is 4.90. The van der Waals surface area contributed by atoms with Crippen LogP contribution in [-0.4, -0.2) is 17.6 Å². The maximum absolute atomic E-state index is 13.5. The Hall–Kier alpha value is -1.17. The number of hydrogen-bond acceptors (Lipinski definition) is 3. The minimum atomic E-state index is -0.767. The summed E-state index contributed by atoms with van der Waals surface area (Å²) in [6.07, 6.45) is 0. The van der Waals surface area contributed by atoms with Crippen LogP contribution in [0.25, 0.3) is 0 Å². The van der Waals surface area contributed by atoms with Crippen LogP contribution in [-0.2, 0) is 9.53 Å². The van der Waals surface area contributed by atoms with Crippen LogP contribution in [0.1, 0.15) is 27.7 Å². The largest absolute Gasteiger partial charge is 0.458 e. The Morgan fingerprint density at radius 3 is 2.42 bits per heavy atom. The van der Waals surface area contributed by atoms with Crippen molar-refractivity contribution in [2.75, 3.05) is 5.32 Å². The fourth-order valence-electron chi connectivity index (χ4n) is 1.32. The van der Waals surface area contributed by atoms with E-state index in [0.717, 1.165) is 6.07 Å². The third-order valence-electron chi connectivity index (χ3n) is 2.14. The second-order valence-corrected chi connectivity index (χ2v) is 6.00. The Balaban J connectivity index is 2.80. The molecule has 0 aliphatic rings. The molecule has 0 saturated carbocycles. The smallest absolute Gasteiger partial charge is 0.328 e. The molecule has 6 heteroatoms. The number of hydrogen-bond donors (Lipinski definition) is 1. The van der Waals surface area contributed by atoms with E-state index in [2.05, 4.69) is 21.2 Å². The first-order valence-corrected chi connectivity index (χ1v) is 6.53. The summed E-state index contributed by atoms with van der Waals surface area (Å²) in [5, 5.41) is 2.65. The van der Waals surface area contributed by atoms with E-state index in [1.165, 1.54) is 6.07 Å². The zero-order chi connectivity index (χ0) is 14.8. The fourth-order valence-corrected chi connectivity index (χ4v) is 1.66. The van der Waals surface area contributed by atoms with Gasteiger partial charge in [0.15, 0.2) is 0 Å². The molecule has 0 heterocycles. The van der Waals surface area contributed by atoms with Gasteiger partial charge >= 0.3 is 5.97 Å². The standard InChI is InChI=1S/C13H16BrF2NO2/c1-7(12(18)19-13(2,3)4)17-11-5-8(14)9(15)6-10(11)16/h5-7,17H,1-4H3. The Labute approximate surface area is 119 Å². The molecule has 1 rings (SSSR count). The first-order chi connectivity index (χ1) is 8.60. The molecule has 19 heavy (non-hydrogen) atoms. The minimum Gasteiger partial charge on any atom is -0.458 e. The third kappa shape index (κ3) is 4.78. The van der Waals surface area contributed by atoms with Gasteiger partial charge in [0.25, 0.3) is 0 Å². The van der Waals surface area contributed by atoms with Crippen molar-refractivity contribution in [3.63, 3.8) is 0 Å². The molecule has 0 fully saturated rings. The summed E-state index contributed by atoms with van der Waals surface area (Å²) in [5.41, 5.74) is -0.582. The Morgan fingerprint density at radius 1 is 1.32 bits per heavy atom. The molecule has 1 aromatic carbocycles. The molecular weight excluding hydrogens is 320 g/mol. The summed E-state index contributed by atoms with van der Waals surface area (Å²) in [6, 6.07) is 1.24. The first kappa shape index (κ1) is 15.9. The van der Waals surface area contributed by atoms with E-state index < -0.39 is 29.2 Å². The van der Waals surface area contributed by atoms with E-state index in [4.69, 9.17) is 4.74 Å². The van der Waals surface area contributed by atoms with E-state index in [0.29, 0.717) is 0 Å². The van der Waals surface area contributed by atoms with Crippen LogP contribution >= 0.6 is 15.9 Å². The molecule has 106 valence electrons. The molecule has 0 spiro atoms. The highest BCUT2D eigenvalue weighted by atomic mass is 79.9. The van der Waals surface area contributed by atoms with Gasteiger partial charge in [0.1, 0.15) is 23.3 Å². The number of anilines is 1. The molecule has 1 atom stereocenters. The van der Waals surface area contributed by atoms with Crippen LogP contribution in [0.4, 0.5) is 14.5 Å². The molecule has 0 aromatic heterocycles. The topological polar surface area (TPSA) is 38.3 Å². The van der Waals surface area contributed by atoms with Crippen LogP contribution < -0.4 is 5.32 Å². The van der Waals surface area contributed by atoms with Crippen LogP contribution in [0, 0.1) is 11.6 Å². The van der Waals surface area contributed by atoms with Gasteiger partial charge in [-0.1, -0.05) is 0 Å². The molecule has 1 unspecified atom stereocenters. The lowest BCUT2D eigenvalue weighted by molar-refractivity contribution is -0.155. The number of ether oxygens (including phenoxy) is 1. The average molecular weight is 336 g/mol. The number of halogens is 3. The molecule has 0 aliphatic carbocycles. The van der Waals surface area contributed by atoms with E-state index in [1.54, 1.807) is 27.7 Å². The van der Waals surface area contributed by atoms with E-state index in [-0.39, 0.29) is 10.2 Å². The molecule has 0 bridgehead atoms. The summed E-state index contributed by atoms with van der Waals surface area (Å²) in [7, 11) is 0.